The van der Waals surface area contributed by atoms with Crippen molar-refractivity contribution in [3.63, 3.8) is 0 Å². The molecule has 0 aliphatic carbocycles. The van der Waals surface area contributed by atoms with E-state index < -0.39 is 39.1 Å². The van der Waals surface area contributed by atoms with Gasteiger partial charge in [-0.25, -0.2) is 17.6 Å². The monoisotopic (exact) mass is 467 g/mol. The summed E-state index contributed by atoms with van der Waals surface area (Å²) in [7, 11) is -1.32. The smallest absolute Gasteiger partial charge is 0.338 e. The van der Waals surface area contributed by atoms with E-state index >= 15 is 0 Å². The second kappa shape index (κ2) is 10.1. The first-order valence-electron chi connectivity index (χ1n) is 9.57. The van der Waals surface area contributed by atoms with Crippen molar-refractivity contribution in [2.45, 2.75) is 4.90 Å². The predicted octanol–water partition coefficient (Wildman–Crippen LogP) is 1.90. The largest absolute Gasteiger partial charge is 0.497 e. The van der Waals surface area contributed by atoms with Gasteiger partial charge in [-0.2, -0.15) is 4.31 Å². The van der Waals surface area contributed by atoms with Crippen LogP contribution in [-0.2, 0) is 19.5 Å². The number of hydrogen-bond acceptors (Lipinski definition) is 8. The van der Waals surface area contributed by atoms with Crippen LogP contribution in [0.25, 0.3) is 0 Å². The number of ketones is 1. The van der Waals surface area contributed by atoms with Gasteiger partial charge < -0.3 is 18.9 Å². The van der Waals surface area contributed by atoms with Crippen molar-refractivity contribution in [3.8, 4) is 11.5 Å². The third kappa shape index (κ3) is 5.06. The molecule has 0 spiro atoms. The molecular formula is C21H22FNO8S. The maximum atomic E-state index is 14.3. The third-order valence-corrected chi connectivity index (χ3v) is 6.71. The highest BCUT2D eigenvalue weighted by molar-refractivity contribution is 7.89. The van der Waals surface area contributed by atoms with E-state index in [1.54, 1.807) is 6.07 Å². The fraction of sp³-hybridized carbons (Fsp3) is 0.333. The number of hydrogen-bond donors (Lipinski definition) is 0. The molecule has 32 heavy (non-hydrogen) atoms. The minimum absolute atomic E-state index is 0.0780. The number of methoxy groups -OCH3 is 2. The number of carbonyl (C=O) groups is 2. The number of rotatable bonds is 8. The number of halogens is 1. The molecule has 3 rings (SSSR count). The molecule has 2 aromatic carbocycles. The van der Waals surface area contributed by atoms with Gasteiger partial charge in [0.2, 0.25) is 15.8 Å². The molecule has 0 amide bonds. The second-order valence-corrected chi connectivity index (χ2v) is 8.63. The number of benzene rings is 2. The lowest BCUT2D eigenvalue weighted by Gasteiger charge is -2.26. The normalized spacial score (nSPS) is 14.6. The number of nitrogens with zero attached hydrogens (tertiary/aromatic N) is 1. The Morgan fingerprint density at radius 1 is 1.06 bits per heavy atom. The van der Waals surface area contributed by atoms with Gasteiger partial charge in [-0.05, 0) is 30.3 Å². The quantitative estimate of drug-likeness (QED) is 0.428. The summed E-state index contributed by atoms with van der Waals surface area (Å²) in [4.78, 5) is 24.3. The van der Waals surface area contributed by atoms with Crippen LogP contribution >= 0.6 is 0 Å². The van der Waals surface area contributed by atoms with Crippen LogP contribution in [0.1, 0.15) is 20.7 Å². The van der Waals surface area contributed by atoms with Gasteiger partial charge in [0, 0.05) is 19.2 Å². The van der Waals surface area contributed by atoms with Crippen molar-refractivity contribution >= 4 is 21.8 Å². The molecule has 0 saturated carbocycles. The van der Waals surface area contributed by atoms with Crippen molar-refractivity contribution in [2.24, 2.45) is 0 Å². The van der Waals surface area contributed by atoms with Crippen molar-refractivity contribution in [2.75, 3.05) is 47.1 Å². The van der Waals surface area contributed by atoms with Crippen molar-refractivity contribution < 1.29 is 41.3 Å². The van der Waals surface area contributed by atoms with Gasteiger partial charge in [0.1, 0.15) is 22.2 Å². The molecule has 11 heteroatoms. The number of Topliss-reactive ketones (excluding diaryl/α,β-unsaturated/α-hetero) is 1. The Balaban J connectivity index is 1.75. The Labute approximate surface area is 184 Å². The molecule has 1 fully saturated rings. The summed E-state index contributed by atoms with van der Waals surface area (Å²) in [5.41, 5.74) is -0.0245. The molecule has 1 heterocycles. The lowest BCUT2D eigenvalue weighted by atomic mass is 10.1. The molecule has 172 valence electrons. The fourth-order valence-corrected chi connectivity index (χ4v) is 4.57. The molecule has 2 aromatic rings. The number of carbonyl (C=O) groups excluding carboxylic acids is 2. The van der Waals surface area contributed by atoms with Gasteiger partial charge in [0.25, 0.3) is 0 Å². The van der Waals surface area contributed by atoms with Crippen LogP contribution in [0.4, 0.5) is 4.39 Å². The first-order chi connectivity index (χ1) is 15.3. The van der Waals surface area contributed by atoms with E-state index in [1.165, 1.54) is 26.4 Å². The van der Waals surface area contributed by atoms with Gasteiger partial charge in [-0.15, -0.1) is 0 Å². The van der Waals surface area contributed by atoms with E-state index in [-0.39, 0.29) is 43.2 Å². The number of esters is 1. The Morgan fingerprint density at radius 3 is 2.44 bits per heavy atom. The van der Waals surface area contributed by atoms with Gasteiger partial charge in [-0.3, -0.25) is 4.79 Å². The van der Waals surface area contributed by atoms with Gasteiger partial charge in [-0.1, -0.05) is 0 Å². The Kier molecular flexibility index (Phi) is 7.44. The molecule has 1 saturated heterocycles. The van der Waals surface area contributed by atoms with Gasteiger partial charge in [0.15, 0.2) is 6.61 Å². The van der Waals surface area contributed by atoms with Crippen LogP contribution in [0.3, 0.4) is 0 Å². The van der Waals surface area contributed by atoms with E-state index in [0.29, 0.717) is 5.75 Å². The SMILES string of the molecule is COc1ccc(C(=O)COC(=O)c2ccc(F)c(S(=O)(=O)N3CCOCC3)c2)c(OC)c1. The van der Waals surface area contributed by atoms with Gasteiger partial charge >= 0.3 is 5.97 Å². The Morgan fingerprint density at radius 2 is 1.78 bits per heavy atom. The van der Waals surface area contributed by atoms with E-state index in [4.69, 9.17) is 18.9 Å². The van der Waals surface area contributed by atoms with Crippen LogP contribution in [0.15, 0.2) is 41.3 Å². The Hall–Kier alpha value is -3.02. The van der Waals surface area contributed by atoms with Gasteiger partial charge in [0.05, 0.1) is 38.6 Å². The average molecular weight is 467 g/mol. The maximum Gasteiger partial charge on any atom is 0.338 e. The van der Waals surface area contributed by atoms with Crippen LogP contribution in [0.5, 0.6) is 11.5 Å². The molecule has 1 aliphatic heterocycles. The average Bonchev–Trinajstić information content (AvgIpc) is 2.82. The zero-order valence-corrected chi connectivity index (χ0v) is 18.3. The van der Waals surface area contributed by atoms with Crippen molar-refractivity contribution in [1.82, 2.24) is 4.31 Å². The molecule has 9 nitrogen and oxygen atoms in total. The van der Waals surface area contributed by atoms with Crippen LogP contribution < -0.4 is 9.47 Å². The molecule has 0 radical (unpaired) electrons. The van der Waals surface area contributed by atoms with Crippen molar-refractivity contribution in [3.05, 3.63) is 53.3 Å². The fourth-order valence-electron chi connectivity index (χ4n) is 3.08. The van der Waals surface area contributed by atoms with E-state index in [2.05, 4.69) is 0 Å². The summed E-state index contributed by atoms with van der Waals surface area (Å²) in [6, 6.07) is 7.41. The molecule has 0 atom stereocenters. The lowest BCUT2D eigenvalue weighted by Crippen LogP contribution is -2.41. The number of morpholine rings is 1. The van der Waals surface area contributed by atoms with Crippen molar-refractivity contribution in [1.29, 1.82) is 0 Å². The second-order valence-electron chi connectivity index (χ2n) is 6.73. The highest BCUT2D eigenvalue weighted by Crippen LogP contribution is 2.25. The molecule has 0 N–H and O–H groups in total. The van der Waals surface area contributed by atoms with E-state index in [0.717, 1.165) is 22.5 Å². The first kappa shape index (κ1) is 23.6. The summed E-state index contributed by atoms with van der Waals surface area (Å²) in [5.74, 6) is -1.78. The first-order valence-corrected chi connectivity index (χ1v) is 11.0. The molecular weight excluding hydrogens is 445 g/mol. The zero-order chi connectivity index (χ0) is 23.3. The zero-order valence-electron chi connectivity index (χ0n) is 17.5. The maximum absolute atomic E-state index is 14.3. The highest BCUT2D eigenvalue weighted by atomic mass is 32.2. The summed E-state index contributed by atoms with van der Waals surface area (Å²) in [5, 5.41) is 0. The van der Waals surface area contributed by atoms with E-state index in [1.807, 2.05) is 0 Å². The van der Waals surface area contributed by atoms with Crippen LogP contribution in [-0.4, -0.2) is 71.6 Å². The summed E-state index contributed by atoms with van der Waals surface area (Å²) in [6.45, 7) is -0.0766. The Bertz CT molecular complexity index is 1110. The van der Waals surface area contributed by atoms with Crippen LogP contribution in [0, 0.1) is 5.82 Å². The third-order valence-electron chi connectivity index (χ3n) is 4.80. The minimum Gasteiger partial charge on any atom is -0.497 e. The predicted molar refractivity (Wildman–Crippen MR) is 110 cm³/mol. The number of sulfonamides is 1. The molecule has 1 aliphatic rings. The lowest BCUT2D eigenvalue weighted by molar-refractivity contribution is 0.0473. The summed E-state index contributed by atoms with van der Waals surface area (Å²) in [6.07, 6.45) is 0. The molecule has 0 unspecified atom stereocenters. The summed E-state index contributed by atoms with van der Waals surface area (Å²) >= 11 is 0. The minimum atomic E-state index is -4.16. The highest BCUT2D eigenvalue weighted by Gasteiger charge is 2.30. The molecule has 0 aromatic heterocycles. The van der Waals surface area contributed by atoms with E-state index in [9.17, 15) is 22.4 Å². The standard InChI is InChI=1S/C21H22FNO8S/c1-28-15-4-5-16(19(12-15)29-2)18(24)13-31-21(25)14-3-6-17(22)20(11-14)32(26,27)23-7-9-30-10-8-23/h3-6,11-12H,7-10,13H2,1-2H3. The topological polar surface area (TPSA) is 108 Å². The molecule has 0 bridgehead atoms. The number of ether oxygens (including phenoxy) is 4. The summed E-state index contributed by atoms with van der Waals surface area (Å²) < 4.78 is 61.3. The van der Waals surface area contributed by atoms with Crippen LogP contribution in [0.2, 0.25) is 0 Å².